The molecule has 5 heteroatoms. The summed E-state index contributed by atoms with van der Waals surface area (Å²) < 4.78 is 5.00. The van der Waals surface area contributed by atoms with Crippen molar-refractivity contribution in [3.63, 3.8) is 0 Å². The second-order valence-corrected chi connectivity index (χ2v) is 3.96. The molecule has 0 aliphatic rings. The Morgan fingerprint density at radius 3 is 2.47 bits per heavy atom. The summed E-state index contributed by atoms with van der Waals surface area (Å²) in [5.74, 6) is -0.678. The van der Waals surface area contributed by atoms with E-state index in [9.17, 15) is 9.59 Å². The largest absolute Gasteiger partial charge is 0.478 e. The Morgan fingerprint density at radius 2 is 1.89 bits per heavy atom. The quantitative estimate of drug-likeness (QED) is 0.779. The molecule has 0 fully saturated rings. The third-order valence-corrected chi connectivity index (χ3v) is 2.61. The maximum atomic E-state index is 11.6. The molecule has 0 unspecified atom stereocenters. The van der Waals surface area contributed by atoms with Crippen LogP contribution in [0.2, 0.25) is 0 Å². The van der Waals surface area contributed by atoms with Gasteiger partial charge in [-0.1, -0.05) is 0 Å². The smallest absolute Gasteiger partial charge is 0.335 e. The molecule has 0 radical (unpaired) electrons. The number of Topliss-reactive ketones (excluding diaryl/α,β-unsaturated/α-hetero) is 1. The van der Waals surface area contributed by atoms with Crippen LogP contribution in [0.15, 0.2) is 47.1 Å². The molecule has 0 aliphatic heterocycles. The van der Waals surface area contributed by atoms with Crippen molar-refractivity contribution in [1.82, 2.24) is 0 Å². The van der Waals surface area contributed by atoms with Crippen LogP contribution in [0.25, 0.3) is 0 Å². The van der Waals surface area contributed by atoms with Crippen molar-refractivity contribution < 1.29 is 19.1 Å². The average molecular weight is 259 g/mol. The first-order chi connectivity index (χ1) is 9.16. The Morgan fingerprint density at radius 1 is 1.16 bits per heavy atom. The molecule has 0 aliphatic carbocycles. The van der Waals surface area contributed by atoms with Crippen LogP contribution >= 0.6 is 0 Å². The highest BCUT2D eigenvalue weighted by Crippen LogP contribution is 2.10. The monoisotopic (exact) mass is 259 g/mol. The first kappa shape index (κ1) is 12.9. The minimum Gasteiger partial charge on any atom is -0.478 e. The molecule has 0 saturated heterocycles. The number of carbonyl (C=O) groups is 2. The van der Waals surface area contributed by atoms with E-state index in [0.717, 1.165) is 5.69 Å². The summed E-state index contributed by atoms with van der Waals surface area (Å²) in [7, 11) is 0. The van der Waals surface area contributed by atoms with Crippen molar-refractivity contribution in [1.29, 1.82) is 0 Å². The molecule has 0 bridgehead atoms. The average Bonchev–Trinajstić information content (AvgIpc) is 2.93. The highest BCUT2D eigenvalue weighted by Gasteiger charge is 2.08. The third-order valence-electron chi connectivity index (χ3n) is 2.61. The van der Waals surface area contributed by atoms with Gasteiger partial charge in [-0.15, -0.1) is 0 Å². The van der Waals surface area contributed by atoms with Gasteiger partial charge in [-0.25, -0.2) is 4.79 Å². The van der Waals surface area contributed by atoms with Gasteiger partial charge in [-0.05, 0) is 36.4 Å². The number of rotatable bonds is 6. The predicted molar refractivity (Wildman–Crippen MR) is 69.5 cm³/mol. The van der Waals surface area contributed by atoms with Gasteiger partial charge in [0.2, 0.25) is 0 Å². The molecule has 2 rings (SSSR count). The molecule has 98 valence electrons. The van der Waals surface area contributed by atoms with Crippen LogP contribution in [-0.4, -0.2) is 23.4 Å². The fourth-order valence-electron chi connectivity index (χ4n) is 1.61. The molecular weight excluding hydrogens is 246 g/mol. The van der Waals surface area contributed by atoms with E-state index < -0.39 is 5.97 Å². The lowest BCUT2D eigenvalue weighted by Crippen LogP contribution is -2.08. The molecular formula is C14H13NO4. The Hall–Kier alpha value is -2.56. The predicted octanol–water partition coefficient (Wildman–Crippen LogP) is 2.66. The van der Waals surface area contributed by atoms with Crippen LogP contribution in [0.3, 0.4) is 0 Å². The molecule has 5 nitrogen and oxygen atoms in total. The van der Waals surface area contributed by atoms with E-state index in [1.165, 1.54) is 18.4 Å². The number of aromatic carboxylic acids is 1. The molecule has 1 aromatic carbocycles. The second kappa shape index (κ2) is 5.86. The van der Waals surface area contributed by atoms with Gasteiger partial charge in [0.25, 0.3) is 0 Å². The van der Waals surface area contributed by atoms with Crippen molar-refractivity contribution in [2.24, 2.45) is 0 Å². The maximum absolute atomic E-state index is 11.6. The number of carbonyl (C=O) groups excluding carboxylic acids is 1. The number of ketones is 1. The van der Waals surface area contributed by atoms with E-state index in [1.807, 2.05) is 0 Å². The SMILES string of the molecule is O=C(O)c1ccc(NCCC(=O)c2ccco2)cc1. The van der Waals surface area contributed by atoms with Crippen molar-refractivity contribution in [3.05, 3.63) is 54.0 Å². The molecule has 0 amide bonds. The van der Waals surface area contributed by atoms with Crippen LogP contribution < -0.4 is 5.32 Å². The maximum Gasteiger partial charge on any atom is 0.335 e. The zero-order valence-electron chi connectivity index (χ0n) is 10.1. The standard InChI is InChI=1S/C14H13NO4/c16-12(13-2-1-9-19-13)7-8-15-11-5-3-10(4-6-11)14(17)18/h1-6,9,15H,7-8H2,(H,17,18). The normalized spacial score (nSPS) is 10.1. The second-order valence-electron chi connectivity index (χ2n) is 3.96. The van der Waals surface area contributed by atoms with Gasteiger partial charge < -0.3 is 14.8 Å². The summed E-state index contributed by atoms with van der Waals surface area (Å²) in [5.41, 5.74) is 1.01. The van der Waals surface area contributed by atoms with Crippen molar-refractivity contribution in [2.45, 2.75) is 6.42 Å². The van der Waals surface area contributed by atoms with Crippen molar-refractivity contribution in [3.8, 4) is 0 Å². The molecule has 19 heavy (non-hydrogen) atoms. The van der Waals surface area contributed by atoms with E-state index in [2.05, 4.69) is 5.32 Å². The van der Waals surface area contributed by atoms with Gasteiger partial charge in [0.05, 0.1) is 11.8 Å². The summed E-state index contributed by atoms with van der Waals surface area (Å²) in [6.07, 6.45) is 1.78. The summed E-state index contributed by atoms with van der Waals surface area (Å²) in [5, 5.41) is 11.8. The van der Waals surface area contributed by atoms with E-state index in [4.69, 9.17) is 9.52 Å². The third kappa shape index (κ3) is 3.45. The molecule has 2 aromatic rings. The van der Waals surface area contributed by atoms with Crippen LogP contribution in [-0.2, 0) is 0 Å². The van der Waals surface area contributed by atoms with Crippen molar-refractivity contribution >= 4 is 17.4 Å². The van der Waals surface area contributed by atoms with Gasteiger partial charge in [0, 0.05) is 18.7 Å². The topological polar surface area (TPSA) is 79.5 Å². The first-order valence-electron chi connectivity index (χ1n) is 5.81. The van der Waals surface area contributed by atoms with Crippen molar-refractivity contribution in [2.75, 3.05) is 11.9 Å². The highest BCUT2D eigenvalue weighted by atomic mass is 16.4. The number of carboxylic acid groups (broad SMARTS) is 1. The van der Waals surface area contributed by atoms with Gasteiger partial charge >= 0.3 is 5.97 Å². The van der Waals surface area contributed by atoms with Crippen LogP contribution in [0.4, 0.5) is 5.69 Å². The Bertz CT molecular complexity index is 558. The number of carboxylic acids is 1. The Labute approximate surface area is 109 Å². The molecule has 0 atom stereocenters. The van der Waals surface area contributed by atoms with E-state index >= 15 is 0 Å². The Kier molecular flexibility index (Phi) is 3.97. The number of nitrogens with one attached hydrogen (secondary N) is 1. The van der Waals surface area contributed by atoms with Crippen LogP contribution in [0, 0.1) is 0 Å². The lowest BCUT2D eigenvalue weighted by Gasteiger charge is -2.05. The number of benzene rings is 1. The van der Waals surface area contributed by atoms with Gasteiger partial charge in [-0.2, -0.15) is 0 Å². The number of hydrogen-bond donors (Lipinski definition) is 2. The van der Waals surface area contributed by atoms with E-state index in [0.29, 0.717) is 18.7 Å². The van der Waals surface area contributed by atoms with Crippen LogP contribution in [0.5, 0.6) is 0 Å². The van der Waals surface area contributed by atoms with E-state index in [1.54, 1.807) is 24.3 Å². The molecule has 1 heterocycles. The summed E-state index contributed by atoms with van der Waals surface area (Å²) in [4.78, 5) is 22.3. The summed E-state index contributed by atoms with van der Waals surface area (Å²) in [6.45, 7) is 0.464. The van der Waals surface area contributed by atoms with Gasteiger partial charge in [0.15, 0.2) is 11.5 Å². The number of anilines is 1. The highest BCUT2D eigenvalue weighted by molar-refractivity contribution is 5.93. The lowest BCUT2D eigenvalue weighted by molar-refractivity contribution is 0.0696. The first-order valence-corrected chi connectivity index (χ1v) is 5.81. The van der Waals surface area contributed by atoms with Gasteiger partial charge in [-0.3, -0.25) is 4.79 Å². The molecule has 1 aromatic heterocycles. The fourth-order valence-corrected chi connectivity index (χ4v) is 1.61. The Balaban J connectivity index is 1.82. The van der Waals surface area contributed by atoms with Crippen LogP contribution in [0.1, 0.15) is 27.3 Å². The molecule has 0 saturated carbocycles. The summed E-state index contributed by atoms with van der Waals surface area (Å²) in [6, 6.07) is 9.66. The lowest BCUT2D eigenvalue weighted by atomic mass is 10.2. The zero-order valence-corrected chi connectivity index (χ0v) is 10.1. The van der Waals surface area contributed by atoms with E-state index in [-0.39, 0.29) is 11.3 Å². The minimum atomic E-state index is -0.959. The molecule has 0 spiro atoms. The zero-order chi connectivity index (χ0) is 13.7. The number of furan rings is 1. The fraction of sp³-hybridized carbons (Fsp3) is 0.143. The number of hydrogen-bond acceptors (Lipinski definition) is 4. The minimum absolute atomic E-state index is 0.0698. The summed E-state index contributed by atoms with van der Waals surface area (Å²) >= 11 is 0. The molecule has 2 N–H and O–H groups in total. The van der Waals surface area contributed by atoms with Gasteiger partial charge in [0.1, 0.15) is 0 Å².